The van der Waals surface area contributed by atoms with Crippen LogP contribution in [0.3, 0.4) is 0 Å². The van der Waals surface area contributed by atoms with Crippen LogP contribution in [0.2, 0.25) is 0 Å². The largest absolute Gasteiger partial charge is 0.349 e. The molecule has 0 bridgehead atoms. The highest BCUT2D eigenvalue weighted by Crippen LogP contribution is 2.41. The van der Waals surface area contributed by atoms with Crippen LogP contribution in [0, 0.1) is 0 Å². The summed E-state index contributed by atoms with van der Waals surface area (Å²) >= 11 is 1.65. The minimum atomic E-state index is -0.293. The molecule has 1 saturated carbocycles. The van der Waals surface area contributed by atoms with E-state index in [2.05, 4.69) is 15.6 Å². The summed E-state index contributed by atoms with van der Waals surface area (Å²) in [4.78, 5) is 28.0. The number of aromatic nitrogens is 1. The fourth-order valence-corrected chi connectivity index (χ4v) is 3.13. The molecular weight excluding hydrogens is 322 g/mol. The highest BCUT2D eigenvalue weighted by molar-refractivity contribution is 7.09. The van der Waals surface area contributed by atoms with Crippen LogP contribution in [-0.2, 0) is 16.1 Å². The summed E-state index contributed by atoms with van der Waals surface area (Å²) < 4.78 is 0. The molecule has 124 valence electrons. The first-order valence-electron chi connectivity index (χ1n) is 7.92. The lowest BCUT2D eigenvalue weighted by Crippen LogP contribution is -2.35. The minimum absolute atomic E-state index is 0.0441. The molecule has 5 nitrogen and oxygen atoms in total. The van der Waals surface area contributed by atoms with Gasteiger partial charge in [-0.3, -0.25) is 9.59 Å². The predicted octanol–water partition coefficient (Wildman–Crippen LogP) is 2.47. The monoisotopic (exact) mass is 341 g/mol. The molecule has 0 radical (unpaired) electrons. The van der Waals surface area contributed by atoms with Crippen molar-refractivity contribution < 1.29 is 9.59 Å². The summed E-state index contributed by atoms with van der Waals surface area (Å²) in [6.07, 6.45) is 5.58. The van der Waals surface area contributed by atoms with Gasteiger partial charge in [0.05, 0.1) is 23.8 Å². The fraction of sp³-hybridized carbons (Fsp3) is 0.278. The summed E-state index contributed by atoms with van der Waals surface area (Å²) in [5, 5.41) is 8.48. The van der Waals surface area contributed by atoms with Gasteiger partial charge in [0.15, 0.2) is 0 Å². The topological polar surface area (TPSA) is 71.1 Å². The molecule has 0 aliphatic heterocycles. The van der Waals surface area contributed by atoms with Gasteiger partial charge in [-0.15, -0.1) is 11.3 Å². The second-order valence-corrected chi connectivity index (χ2v) is 6.58. The normalized spacial score (nSPS) is 13.8. The molecule has 3 rings (SSSR count). The van der Waals surface area contributed by atoms with Crippen molar-refractivity contribution in [2.24, 2.45) is 0 Å². The van der Waals surface area contributed by atoms with Crippen molar-refractivity contribution in [2.75, 3.05) is 6.54 Å². The van der Waals surface area contributed by atoms with E-state index in [-0.39, 0.29) is 18.4 Å². The maximum atomic E-state index is 11.8. The van der Waals surface area contributed by atoms with Gasteiger partial charge in [0.25, 0.3) is 0 Å². The highest BCUT2D eigenvalue weighted by Gasteiger charge is 2.26. The van der Waals surface area contributed by atoms with Crippen molar-refractivity contribution in [3.8, 4) is 0 Å². The van der Waals surface area contributed by atoms with E-state index in [1.165, 1.54) is 23.9 Å². The summed E-state index contributed by atoms with van der Waals surface area (Å²) in [6.45, 7) is 0.357. The van der Waals surface area contributed by atoms with Crippen LogP contribution in [0.4, 0.5) is 0 Å². The number of carbonyl (C=O) groups excluding carboxylic acids is 2. The Bertz CT molecular complexity index is 736. The number of amides is 2. The van der Waals surface area contributed by atoms with Gasteiger partial charge in [0.1, 0.15) is 0 Å². The lowest BCUT2D eigenvalue weighted by atomic mass is 10.2. The summed E-state index contributed by atoms with van der Waals surface area (Å²) in [6, 6.07) is 9.52. The smallest absolute Gasteiger partial charge is 0.244 e. The third-order valence-electron chi connectivity index (χ3n) is 3.61. The SMILES string of the molecule is O=C(/C=C/c1ccccc1)NCC(=O)NCc1csc(C2CC2)n1. The average Bonchev–Trinajstić information content (AvgIpc) is 3.35. The molecule has 24 heavy (non-hydrogen) atoms. The molecule has 1 aromatic carbocycles. The van der Waals surface area contributed by atoms with E-state index in [9.17, 15) is 9.59 Å². The maximum Gasteiger partial charge on any atom is 0.244 e. The molecule has 2 amide bonds. The van der Waals surface area contributed by atoms with Crippen LogP contribution >= 0.6 is 11.3 Å². The molecular formula is C18H19N3O2S. The maximum absolute atomic E-state index is 11.8. The Labute approximate surface area is 144 Å². The third-order valence-corrected chi connectivity index (χ3v) is 4.67. The van der Waals surface area contributed by atoms with Gasteiger partial charge in [-0.05, 0) is 24.5 Å². The first kappa shape index (κ1) is 16.4. The van der Waals surface area contributed by atoms with E-state index in [1.807, 2.05) is 35.7 Å². The number of hydrogen-bond acceptors (Lipinski definition) is 4. The molecule has 0 atom stereocenters. The Hall–Kier alpha value is -2.47. The molecule has 1 aliphatic rings. The predicted molar refractivity (Wildman–Crippen MR) is 94.4 cm³/mol. The molecule has 2 N–H and O–H groups in total. The number of thiazole rings is 1. The van der Waals surface area contributed by atoms with Crippen LogP contribution < -0.4 is 10.6 Å². The van der Waals surface area contributed by atoms with Crippen molar-refractivity contribution in [3.05, 3.63) is 58.1 Å². The number of nitrogens with one attached hydrogen (secondary N) is 2. The highest BCUT2D eigenvalue weighted by atomic mass is 32.1. The minimum Gasteiger partial charge on any atom is -0.349 e. The number of hydrogen-bond donors (Lipinski definition) is 2. The Kier molecular flexibility index (Phi) is 5.38. The zero-order chi connectivity index (χ0) is 16.8. The van der Waals surface area contributed by atoms with Gasteiger partial charge in [-0.1, -0.05) is 30.3 Å². The Morgan fingerprint density at radius 2 is 2.00 bits per heavy atom. The van der Waals surface area contributed by atoms with Crippen molar-refractivity contribution in [1.82, 2.24) is 15.6 Å². The number of nitrogens with zero attached hydrogens (tertiary/aromatic N) is 1. The molecule has 1 heterocycles. The molecule has 1 aliphatic carbocycles. The fourth-order valence-electron chi connectivity index (χ4n) is 2.14. The molecule has 1 fully saturated rings. The van der Waals surface area contributed by atoms with E-state index >= 15 is 0 Å². The number of carbonyl (C=O) groups is 2. The van der Waals surface area contributed by atoms with E-state index < -0.39 is 0 Å². The lowest BCUT2D eigenvalue weighted by molar-refractivity contribution is -0.124. The van der Waals surface area contributed by atoms with Crippen molar-refractivity contribution in [1.29, 1.82) is 0 Å². The van der Waals surface area contributed by atoms with Crippen LogP contribution in [0.5, 0.6) is 0 Å². The Morgan fingerprint density at radius 1 is 1.21 bits per heavy atom. The lowest BCUT2D eigenvalue weighted by Gasteiger charge is -2.04. The first-order chi connectivity index (χ1) is 11.7. The molecule has 0 unspecified atom stereocenters. The van der Waals surface area contributed by atoms with Crippen molar-refractivity contribution in [3.63, 3.8) is 0 Å². The molecule has 0 saturated heterocycles. The first-order valence-corrected chi connectivity index (χ1v) is 8.80. The van der Waals surface area contributed by atoms with Gasteiger partial charge in [0.2, 0.25) is 11.8 Å². The molecule has 6 heteroatoms. The van der Waals surface area contributed by atoms with E-state index in [0.29, 0.717) is 12.5 Å². The summed E-state index contributed by atoms with van der Waals surface area (Å²) in [7, 11) is 0. The number of rotatable bonds is 7. The Morgan fingerprint density at radius 3 is 2.75 bits per heavy atom. The van der Waals surface area contributed by atoms with E-state index in [1.54, 1.807) is 17.4 Å². The quantitative estimate of drug-likeness (QED) is 0.760. The van der Waals surface area contributed by atoms with Gasteiger partial charge in [0, 0.05) is 17.4 Å². The van der Waals surface area contributed by atoms with Crippen molar-refractivity contribution >= 4 is 29.2 Å². The molecule has 0 spiro atoms. The molecule has 2 aromatic rings. The second kappa shape index (κ2) is 7.88. The van der Waals surface area contributed by atoms with E-state index in [0.717, 1.165) is 11.3 Å². The van der Waals surface area contributed by atoms with Gasteiger partial charge in [-0.2, -0.15) is 0 Å². The summed E-state index contributed by atoms with van der Waals surface area (Å²) in [5.74, 6) is 0.117. The molecule has 1 aromatic heterocycles. The average molecular weight is 341 g/mol. The standard InChI is InChI=1S/C18H19N3O2S/c22-16(9-6-13-4-2-1-3-5-13)20-11-17(23)19-10-15-12-24-18(21-15)14-7-8-14/h1-6,9,12,14H,7-8,10-11H2,(H,19,23)(H,20,22)/b9-6+. The van der Waals surface area contributed by atoms with Crippen LogP contribution in [-0.4, -0.2) is 23.3 Å². The zero-order valence-corrected chi connectivity index (χ0v) is 14.0. The van der Waals surface area contributed by atoms with E-state index in [4.69, 9.17) is 0 Å². The zero-order valence-electron chi connectivity index (χ0n) is 13.2. The second-order valence-electron chi connectivity index (χ2n) is 5.69. The third kappa shape index (κ3) is 5.03. The van der Waals surface area contributed by atoms with Crippen LogP contribution in [0.1, 0.15) is 35.0 Å². The van der Waals surface area contributed by atoms with Crippen LogP contribution in [0.25, 0.3) is 6.08 Å². The van der Waals surface area contributed by atoms with Gasteiger partial charge < -0.3 is 10.6 Å². The van der Waals surface area contributed by atoms with Crippen molar-refractivity contribution in [2.45, 2.75) is 25.3 Å². The van der Waals surface area contributed by atoms with Gasteiger partial charge in [-0.25, -0.2) is 4.98 Å². The number of benzene rings is 1. The Balaban J connectivity index is 1.37. The van der Waals surface area contributed by atoms with Crippen LogP contribution in [0.15, 0.2) is 41.8 Å². The van der Waals surface area contributed by atoms with Gasteiger partial charge >= 0.3 is 0 Å². The summed E-state index contributed by atoms with van der Waals surface area (Å²) in [5.41, 5.74) is 1.82.